The summed E-state index contributed by atoms with van der Waals surface area (Å²) in [5.41, 5.74) is 0.927. The van der Waals surface area contributed by atoms with E-state index in [9.17, 15) is 13.2 Å². The lowest BCUT2D eigenvalue weighted by Crippen LogP contribution is -2.15. The molecule has 0 spiro atoms. The Labute approximate surface area is 173 Å². The van der Waals surface area contributed by atoms with E-state index in [1.54, 1.807) is 12.1 Å². The molecular formula is C20H22N2O5S2. The number of thiazole rings is 1. The van der Waals surface area contributed by atoms with Gasteiger partial charge in [-0.15, -0.1) is 0 Å². The van der Waals surface area contributed by atoms with Crippen LogP contribution in [-0.2, 0) is 21.7 Å². The molecule has 29 heavy (non-hydrogen) atoms. The van der Waals surface area contributed by atoms with E-state index in [0.717, 1.165) is 16.0 Å². The van der Waals surface area contributed by atoms with Crippen LogP contribution in [0.3, 0.4) is 0 Å². The second-order valence-electron chi connectivity index (χ2n) is 6.26. The maximum Gasteiger partial charge on any atom is 0.249 e. The number of carbonyl (C=O) groups is 1. The number of methoxy groups -OCH3 is 1. The molecule has 1 heterocycles. The average Bonchev–Trinajstić information content (AvgIpc) is 3.01. The molecule has 0 N–H and O–H groups in total. The first-order valence-electron chi connectivity index (χ1n) is 9.01. The average molecular weight is 435 g/mol. The highest BCUT2D eigenvalue weighted by atomic mass is 32.2. The van der Waals surface area contributed by atoms with E-state index >= 15 is 0 Å². The van der Waals surface area contributed by atoms with Gasteiger partial charge in [0.05, 0.1) is 34.6 Å². The molecule has 0 aliphatic heterocycles. The third-order valence-corrected chi connectivity index (χ3v) is 7.14. The molecule has 0 atom stereocenters. The summed E-state index contributed by atoms with van der Waals surface area (Å²) in [7, 11) is -0.248. The van der Waals surface area contributed by atoms with E-state index in [-0.39, 0.29) is 17.1 Å². The first-order valence-corrected chi connectivity index (χ1v) is 11.5. The van der Waals surface area contributed by atoms with Crippen molar-refractivity contribution in [3.63, 3.8) is 0 Å². The summed E-state index contributed by atoms with van der Waals surface area (Å²) in [5, 5.41) is 0. The van der Waals surface area contributed by atoms with Gasteiger partial charge in [0.25, 0.3) is 0 Å². The third kappa shape index (κ3) is 4.86. The van der Waals surface area contributed by atoms with Crippen LogP contribution in [0, 0.1) is 0 Å². The van der Waals surface area contributed by atoms with Crippen molar-refractivity contribution in [3.8, 4) is 11.5 Å². The molecule has 0 bridgehead atoms. The molecule has 1 amide bonds. The van der Waals surface area contributed by atoms with Crippen molar-refractivity contribution >= 4 is 37.3 Å². The Balaban J connectivity index is 1.76. The second-order valence-corrected chi connectivity index (χ2v) is 9.37. The van der Waals surface area contributed by atoms with Crippen LogP contribution in [0.25, 0.3) is 10.2 Å². The number of aryl methyl sites for hydroxylation is 1. The van der Waals surface area contributed by atoms with Gasteiger partial charge in [-0.1, -0.05) is 11.3 Å². The number of fused-ring (bicyclic) bond motifs is 1. The molecule has 0 fully saturated rings. The first-order chi connectivity index (χ1) is 13.8. The summed E-state index contributed by atoms with van der Waals surface area (Å²) >= 11 is 1.36. The van der Waals surface area contributed by atoms with Gasteiger partial charge >= 0.3 is 0 Å². The fourth-order valence-electron chi connectivity index (χ4n) is 2.76. The number of aromatic nitrogens is 1. The van der Waals surface area contributed by atoms with Crippen LogP contribution in [0.1, 0.15) is 13.3 Å². The van der Waals surface area contributed by atoms with E-state index in [2.05, 4.69) is 4.99 Å². The minimum absolute atomic E-state index is 0.155. The Hall–Kier alpha value is -2.65. The summed E-state index contributed by atoms with van der Waals surface area (Å²) in [4.78, 5) is 17.1. The van der Waals surface area contributed by atoms with E-state index in [1.165, 1.54) is 30.6 Å². The van der Waals surface area contributed by atoms with Crippen LogP contribution < -0.4 is 14.3 Å². The zero-order valence-corrected chi connectivity index (χ0v) is 18.0. The fourth-order valence-corrected chi connectivity index (χ4v) is 5.06. The van der Waals surface area contributed by atoms with Gasteiger partial charge in [0.1, 0.15) is 11.5 Å². The van der Waals surface area contributed by atoms with Crippen LogP contribution in [-0.4, -0.2) is 38.4 Å². The maximum absolute atomic E-state index is 12.4. The van der Waals surface area contributed by atoms with Crippen LogP contribution >= 0.6 is 11.3 Å². The number of benzene rings is 2. The molecule has 3 rings (SSSR count). The summed E-state index contributed by atoms with van der Waals surface area (Å²) < 4.78 is 38.2. The largest absolute Gasteiger partial charge is 0.497 e. The lowest BCUT2D eigenvalue weighted by Gasteiger charge is -2.04. The molecule has 154 valence electrons. The summed E-state index contributed by atoms with van der Waals surface area (Å²) in [6.07, 6.45) is -0.188. The molecule has 9 heteroatoms. The molecule has 7 nitrogen and oxygen atoms in total. The van der Waals surface area contributed by atoms with Crippen molar-refractivity contribution in [2.45, 2.75) is 18.2 Å². The topological polar surface area (TPSA) is 87.0 Å². The van der Waals surface area contributed by atoms with Crippen molar-refractivity contribution in [2.24, 2.45) is 12.0 Å². The van der Waals surface area contributed by atoms with E-state index < -0.39 is 15.7 Å². The highest BCUT2D eigenvalue weighted by Gasteiger charge is 2.17. The Morgan fingerprint density at radius 3 is 2.48 bits per heavy atom. The number of hydrogen-bond donors (Lipinski definition) is 0. The van der Waals surface area contributed by atoms with Gasteiger partial charge in [-0.2, -0.15) is 4.99 Å². The Bertz CT molecular complexity index is 1190. The smallest absolute Gasteiger partial charge is 0.249 e. The number of rotatable bonds is 7. The van der Waals surface area contributed by atoms with Gasteiger partial charge in [-0.25, -0.2) is 8.42 Å². The molecule has 0 saturated heterocycles. The zero-order chi connectivity index (χ0) is 21.0. The number of carbonyl (C=O) groups excluding carboxylic acids is 1. The van der Waals surface area contributed by atoms with Gasteiger partial charge in [0, 0.05) is 13.5 Å². The Kier molecular flexibility index (Phi) is 6.39. The summed E-state index contributed by atoms with van der Waals surface area (Å²) in [5.74, 6) is 0.546. The lowest BCUT2D eigenvalue weighted by molar-refractivity contribution is -0.117. The standard InChI is InChI=1S/C20H22N2O5S2/c1-4-27-15-7-10-17-18(13-15)28-20(22(17)2)21-19(23)11-12-29(24,25)16-8-5-14(26-3)6-9-16/h5-10,13H,4,11-12H2,1-3H3. The number of sulfone groups is 1. The van der Waals surface area contributed by atoms with Gasteiger partial charge < -0.3 is 14.0 Å². The molecule has 0 unspecified atom stereocenters. The van der Waals surface area contributed by atoms with Crippen molar-refractivity contribution < 1.29 is 22.7 Å². The number of hydrogen-bond acceptors (Lipinski definition) is 6. The first kappa shape index (κ1) is 21.1. The van der Waals surface area contributed by atoms with Crippen molar-refractivity contribution in [3.05, 3.63) is 47.3 Å². The van der Waals surface area contributed by atoms with Gasteiger partial charge in [0.2, 0.25) is 5.91 Å². The van der Waals surface area contributed by atoms with Gasteiger partial charge in [0.15, 0.2) is 14.6 Å². The molecular weight excluding hydrogens is 412 g/mol. The number of ether oxygens (including phenoxy) is 2. The highest BCUT2D eigenvalue weighted by Crippen LogP contribution is 2.23. The summed E-state index contributed by atoms with van der Waals surface area (Å²) in [6.45, 7) is 2.49. The van der Waals surface area contributed by atoms with Crippen LogP contribution in [0.15, 0.2) is 52.4 Å². The van der Waals surface area contributed by atoms with Crippen LogP contribution in [0.5, 0.6) is 11.5 Å². The van der Waals surface area contributed by atoms with Gasteiger partial charge in [-0.3, -0.25) is 4.79 Å². The Morgan fingerprint density at radius 2 is 1.83 bits per heavy atom. The molecule has 0 radical (unpaired) electrons. The molecule has 0 saturated carbocycles. The second kappa shape index (κ2) is 8.79. The minimum atomic E-state index is -3.58. The number of nitrogens with zero attached hydrogens (tertiary/aromatic N) is 2. The molecule has 1 aromatic heterocycles. The summed E-state index contributed by atoms with van der Waals surface area (Å²) in [6, 6.07) is 11.8. The molecule has 3 aromatic rings. The van der Waals surface area contributed by atoms with E-state index in [0.29, 0.717) is 17.2 Å². The van der Waals surface area contributed by atoms with Crippen molar-refractivity contribution in [1.29, 1.82) is 0 Å². The maximum atomic E-state index is 12.4. The molecule has 0 aliphatic carbocycles. The van der Waals surface area contributed by atoms with Crippen molar-refractivity contribution in [2.75, 3.05) is 19.5 Å². The van der Waals surface area contributed by atoms with E-state index in [1.807, 2.05) is 36.7 Å². The minimum Gasteiger partial charge on any atom is -0.497 e. The lowest BCUT2D eigenvalue weighted by atomic mass is 10.3. The Morgan fingerprint density at radius 1 is 1.14 bits per heavy atom. The zero-order valence-electron chi connectivity index (χ0n) is 16.4. The third-order valence-electron chi connectivity index (χ3n) is 4.32. The van der Waals surface area contributed by atoms with Gasteiger partial charge in [-0.05, 0) is 49.4 Å². The highest BCUT2D eigenvalue weighted by molar-refractivity contribution is 7.91. The normalized spacial score (nSPS) is 12.3. The predicted molar refractivity (Wildman–Crippen MR) is 112 cm³/mol. The predicted octanol–water partition coefficient (Wildman–Crippen LogP) is 2.94. The number of amides is 1. The monoisotopic (exact) mass is 434 g/mol. The molecule has 2 aromatic carbocycles. The SMILES string of the molecule is CCOc1ccc2c(c1)sc(=NC(=O)CCS(=O)(=O)c1ccc(OC)cc1)n2C. The fraction of sp³-hybridized carbons (Fsp3) is 0.300. The van der Waals surface area contributed by atoms with Crippen LogP contribution in [0.4, 0.5) is 0 Å². The van der Waals surface area contributed by atoms with Crippen molar-refractivity contribution in [1.82, 2.24) is 4.57 Å². The molecule has 0 aliphatic rings. The van der Waals surface area contributed by atoms with Crippen LogP contribution in [0.2, 0.25) is 0 Å². The van der Waals surface area contributed by atoms with E-state index in [4.69, 9.17) is 9.47 Å². The quantitative estimate of drug-likeness (QED) is 0.571.